The smallest absolute Gasteiger partial charge is 0.230 e. The summed E-state index contributed by atoms with van der Waals surface area (Å²) in [5.74, 6) is 4.86. The van der Waals surface area contributed by atoms with E-state index in [9.17, 15) is 0 Å². The second-order valence-electron chi connectivity index (χ2n) is 13.3. The van der Waals surface area contributed by atoms with E-state index in [4.69, 9.17) is 15.0 Å². The van der Waals surface area contributed by atoms with Gasteiger partial charge >= 0.3 is 0 Å². The zero-order chi connectivity index (χ0) is 31.6. The predicted octanol–water partition coefficient (Wildman–Crippen LogP) is 7.05. The van der Waals surface area contributed by atoms with E-state index in [0.717, 1.165) is 52.9 Å². The van der Waals surface area contributed by atoms with Crippen LogP contribution in [0.5, 0.6) is 0 Å². The van der Waals surface area contributed by atoms with E-state index >= 15 is 0 Å². The Labute approximate surface area is 269 Å². The molecule has 0 amide bonds. The lowest BCUT2D eigenvalue weighted by molar-refractivity contribution is 0.570. The minimum Gasteiger partial charge on any atom is -0.307 e. The number of nitrogens with one attached hydrogen (secondary N) is 4. The molecule has 4 N–H and O–H groups in total. The van der Waals surface area contributed by atoms with Crippen molar-refractivity contribution in [2.75, 3.05) is 10.6 Å². The van der Waals surface area contributed by atoms with Crippen molar-refractivity contribution >= 4 is 23.5 Å². The van der Waals surface area contributed by atoms with Crippen LogP contribution in [0.15, 0.2) is 30.6 Å². The summed E-state index contributed by atoms with van der Waals surface area (Å²) in [6.45, 7) is 8.36. The number of aryl methyl sites for hydroxylation is 3. The van der Waals surface area contributed by atoms with Gasteiger partial charge in [-0.1, -0.05) is 32.6 Å². The van der Waals surface area contributed by atoms with Crippen molar-refractivity contribution in [1.29, 1.82) is 0 Å². The zero-order valence-corrected chi connectivity index (χ0v) is 27.3. The van der Waals surface area contributed by atoms with Crippen LogP contribution < -0.4 is 10.6 Å². The lowest BCUT2D eigenvalue weighted by Gasteiger charge is -2.15. The molecule has 2 aliphatic rings. The van der Waals surface area contributed by atoms with Gasteiger partial charge in [0, 0.05) is 64.7 Å². The zero-order valence-electron chi connectivity index (χ0n) is 27.3. The molecule has 240 valence electrons. The topological polar surface area (TPSA) is 151 Å². The average Bonchev–Trinajstić information content (AvgIpc) is 3.86. The summed E-state index contributed by atoms with van der Waals surface area (Å²) < 4.78 is 1.82. The van der Waals surface area contributed by atoms with Crippen LogP contribution in [0.4, 0.5) is 23.5 Å². The van der Waals surface area contributed by atoms with Crippen molar-refractivity contribution in [2.24, 2.45) is 5.92 Å². The Balaban J connectivity index is 0.976. The second kappa shape index (κ2) is 13.0. The Kier molecular flexibility index (Phi) is 8.51. The molecule has 12 heteroatoms. The number of nitrogens with zero attached hydrogens (tertiary/aromatic N) is 8. The van der Waals surface area contributed by atoms with Gasteiger partial charge in [-0.3, -0.25) is 10.2 Å². The fraction of sp³-hybridized carbons (Fsp3) is 0.500. The first-order chi connectivity index (χ1) is 22.4. The normalized spacial score (nSPS) is 16.3. The largest absolute Gasteiger partial charge is 0.307 e. The van der Waals surface area contributed by atoms with Crippen molar-refractivity contribution in [3.63, 3.8) is 0 Å². The third-order valence-corrected chi connectivity index (χ3v) is 9.53. The molecule has 5 aromatic heterocycles. The maximum absolute atomic E-state index is 4.79. The van der Waals surface area contributed by atoms with Gasteiger partial charge in [-0.25, -0.2) is 19.6 Å². The fourth-order valence-electron chi connectivity index (χ4n) is 7.15. The van der Waals surface area contributed by atoms with Gasteiger partial charge < -0.3 is 10.6 Å². The van der Waals surface area contributed by atoms with Crippen molar-refractivity contribution in [3.05, 3.63) is 70.2 Å². The molecule has 7 rings (SSSR count). The molecule has 0 aromatic carbocycles. The third kappa shape index (κ3) is 6.80. The molecule has 0 saturated heterocycles. The molecular formula is C34H44N12. The molecule has 1 unspecified atom stereocenters. The van der Waals surface area contributed by atoms with Crippen LogP contribution in [0.1, 0.15) is 110 Å². The van der Waals surface area contributed by atoms with E-state index in [1.165, 1.54) is 68.3 Å². The molecule has 2 fully saturated rings. The van der Waals surface area contributed by atoms with Gasteiger partial charge in [0.2, 0.25) is 11.9 Å². The van der Waals surface area contributed by atoms with E-state index in [1.54, 1.807) is 0 Å². The molecule has 12 nitrogen and oxygen atoms in total. The van der Waals surface area contributed by atoms with Crippen molar-refractivity contribution in [3.8, 4) is 5.82 Å². The minimum atomic E-state index is 0.371. The minimum absolute atomic E-state index is 0.371. The number of H-pyrrole nitrogens is 2. The molecule has 0 radical (unpaired) electrons. The highest BCUT2D eigenvalue weighted by Crippen LogP contribution is 2.35. The first kappa shape index (κ1) is 30.1. The Morgan fingerprint density at radius 3 is 1.91 bits per heavy atom. The summed E-state index contributed by atoms with van der Waals surface area (Å²) in [4.78, 5) is 18.9. The maximum atomic E-state index is 4.79. The van der Waals surface area contributed by atoms with Crippen LogP contribution in [0.3, 0.4) is 0 Å². The highest BCUT2D eigenvalue weighted by Gasteiger charge is 2.21. The monoisotopic (exact) mass is 620 g/mol. The Morgan fingerprint density at radius 1 is 0.761 bits per heavy atom. The number of anilines is 4. The van der Waals surface area contributed by atoms with Crippen molar-refractivity contribution < 1.29 is 0 Å². The summed E-state index contributed by atoms with van der Waals surface area (Å²) in [6.07, 6.45) is 15.8. The fourth-order valence-corrected chi connectivity index (χ4v) is 7.15. The average molecular weight is 621 g/mol. The van der Waals surface area contributed by atoms with E-state index in [1.807, 2.05) is 23.9 Å². The van der Waals surface area contributed by atoms with Gasteiger partial charge in [0.1, 0.15) is 0 Å². The highest BCUT2D eigenvalue weighted by atomic mass is 15.3. The predicted molar refractivity (Wildman–Crippen MR) is 178 cm³/mol. The van der Waals surface area contributed by atoms with Crippen LogP contribution >= 0.6 is 0 Å². The van der Waals surface area contributed by atoms with Gasteiger partial charge in [-0.15, -0.1) is 0 Å². The van der Waals surface area contributed by atoms with E-state index < -0.39 is 0 Å². The number of hydrogen-bond donors (Lipinski definition) is 4. The van der Waals surface area contributed by atoms with Crippen LogP contribution in [0, 0.1) is 26.7 Å². The van der Waals surface area contributed by atoms with Crippen LogP contribution in [0.25, 0.3) is 5.82 Å². The summed E-state index contributed by atoms with van der Waals surface area (Å²) >= 11 is 0. The first-order valence-electron chi connectivity index (χ1n) is 16.7. The van der Waals surface area contributed by atoms with Crippen LogP contribution in [-0.2, 0) is 12.8 Å². The van der Waals surface area contributed by atoms with Gasteiger partial charge in [0.25, 0.3) is 0 Å². The number of aromatic amines is 2. The summed E-state index contributed by atoms with van der Waals surface area (Å²) in [5, 5.41) is 26.5. The molecule has 1 atom stereocenters. The summed E-state index contributed by atoms with van der Waals surface area (Å²) in [5.41, 5.74) is 7.57. The number of rotatable bonds is 11. The SMILES string of the molecule is Cc1cc(-n2cc(CC(C)Cc3c(C)nc(Nc4cc(C5CCCC5)[nH]n4)nc3C)cn2)nc(Nc2cc(C3CCCC3)[nH]n2)n1. The summed E-state index contributed by atoms with van der Waals surface area (Å²) in [7, 11) is 0. The molecule has 5 heterocycles. The lowest BCUT2D eigenvalue weighted by atomic mass is 9.94. The van der Waals surface area contributed by atoms with E-state index in [2.05, 4.69) is 80.2 Å². The van der Waals surface area contributed by atoms with Crippen LogP contribution in [0.2, 0.25) is 0 Å². The first-order valence-corrected chi connectivity index (χ1v) is 16.7. The molecular weight excluding hydrogens is 576 g/mol. The highest BCUT2D eigenvalue weighted by molar-refractivity contribution is 5.51. The Morgan fingerprint density at radius 2 is 1.33 bits per heavy atom. The van der Waals surface area contributed by atoms with Gasteiger partial charge in [0.15, 0.2) is 17.5 Å². The third-order valence-electron chi connectivity index (χ3n) is 9.53. The van der Waals surface area contributed by atoms with E-state index in [0.29, 0.717) is 29.7 Å². The van der Waals surface area contributed by atoms with Gasteiger partial charge in [0.05, 0.1) is 6.20 Å². The lowest BCUT2D eigenvalue weighted by Crippen LogP contribution is -2.10. The number of hydrogen-bond acceptors (Lipinski definition) is 9. The van der Waals surface area contributed by atoms with Crippen molar-refractivity contribution in [1.82, 2.24) is 50.1 Å². The quantitative estimate of drug-likeness (QED) is 0.122. The molecule has 2 aliphatic carbocycles. The second-order valence-corrected chi connectivity index (χ2v) is 13.3. The van der Waals surface area contributed by atoms with Crippen LogP contribution in [-0.4, -0.2) is 50.1 Å². The standard InChI is InChI=1S/C34H44N12/c1-20(14-27-22(3)37-34(38-23(27)4)40-31-17-29(43-45-31)26-11-7-8-12-26)13-24-18-35-46(19-24)32-15-21(2)36-33(41-32)39-30-16-28(42-44-30)25-9-5-6-10-25/h15-20,25-26H,5-14H2,1-4H3,(H2,36,39,41,42,44)(H2,37,38,40,43,45). The molecule has 0 spiro atoms. The van der Waals surface area contributed by atoms with Gasteiger partial charge in [-0.2, -0.15) is 20.3 Å². The van der Waals surface area contributed by atoms with E-state index in [-0.39, 0.29) is 0 Å². The molecule has 0 bridgehead atoms. The Bertz CT molecular complexity index is 1760. The molecule has 5 aromatic rings. The van der Waals surface area contributed by atoms with Gasteiger partial charge in [-0.05, 0) is 76.3 Å². The molecule has 46 heavy (non-hydrogen) atoms. The molecule has 2 saturated carbocycles. The molecule has 0 aliphatic heterocycles. The summed E-state index contributed by atoms with van der Waals surface area (Å²) in [6, 6.07) is 6.13. The maximum Gasteiger partial charge on any atom is 0.230 e. The Hall–Kier alpha value is -4.61. The van der Waals surface area contributed by atoms with Crippen molar-refractivity contribution in [2.45, 2.75) is 104 Å². The number of aromatic nitrogens is 10.